The van der Waals surface area contributed by atoms with E-state index in [4.69, 9.17) is 0 Å². The van der Waals surface area contributed by atoms with Gasteiger partial charge in [0.2, 0.25) is 0 Å². The summed E-state index contributed by atoms with van der Waals surface area (Å²) in [6.07, 6.45) is 0.351. The summed E-state index contributed by atoms with van der Waals surface area (Å²) in [5, 5.41) is 3.23. The molecule has 7 heteroatoms. The molecular formula is C17H27IN4O2. The van der Waals surface area contributed by atoms with E-state index in [0.717, 1.165) is 38.7 Å². The summed E-state index contributed by atoms with van der Waals surface area (Å²) in [5.74, 6) is 0.647. The van der Waals surface area contributed by atoms with Crippen molar-refractivity contribution >= 4 is 35.9 Å². The van der Waals surface area contributed by atoms with Crippen LogP contribution in [0.25, 0.3) is 0 Å². The monoisotopic (exact) mass is 446 g/mol. The van der Waals surface area contributed by atoms with Crippen LogP contribution >= 0.6 is 24.0 Å². The van der Waals surface area contributed by atoms with E-state index >= 15 is 0 Å². The Morgan fingerprint density at radius 2 is 1.88 bits per heavy atom. The molecule has 1 aromatic carbocycles. The van der Waals surface area contributed by atoms with Gasteiger partial charge in [0, 0.05) is 46.3 Å². The van der Waals surface area contributed by atoms with E-state index in [9.17, 15) is 4.79 Å². The molecule has 24 heavy (non-hydrogen) atoms. The lowest BCUT2D eigenvalue weighted by Crippen LogP contribution is -2.52. The zero-order valence-electron chi connectivity index (χ0n) is 14.4. The number of nitrogens with one attached hydrogen (secondary N) is 1. The molecule has 1 saturated heterocycles. The molecule has 2 rings (SSSR count). The van der Waals surface area contributed by atoms with Crippen molar-refractivity contribution in [2.24, 2.45) is 4.99 Å². The van der Waals surface area contributed by atoms with Gasteiger partial charge in [-0.2, -0.15) is 0 Å². The first-order valence-corrected chi connectivity index (χ1v) is 8.01. The number of nitrogens with zero attached hydrogens (tertiary/aromatic N) is 3. The lowest BCUT2D eigenvalue weighted by atomic mass is 10.2. The number of piperazine rings is 1. The highest BCUT2D eigenvalue weighted by Crippen LogP contribution is 2.08. The summed E-state index contributed by atoms with van der Waals surface area (Å²) in [7, 11) is 3.18. The first-order chi connectivity index (χ1) is 11.2. The van der Waals surface area contributed by atoms with Gasteiger partial charge in [0.1, 0.15) is 0 Å². The van der Waals surface area contributed by atoms with Crippen LogP contribution in [0, 0.1) is 0 Å². The Hall–Kier alpha value is -1.35. The van der Waals surface area contributed by atoms with Gasteiger partial charge >= 0.3 is 5.97 Å². The number of rotatable bonds is 5. The number of methoxy groups -OCH3 is 1. The highest BCUT2D eigenvalue weighted by molar-refractivity contribution is 14.0. The Balaban J connectivity index is 0.00000288. The maximum absolute atomic E-state index is 11.2. The number of hydrogen-bond donors (Lipinski definition) is 1. The molecule has 134 valence electrons. The van der Waals surface area contributed by atoms with Crippen molar-refractivity contribution in [1.29, 1.82) is 0 Å². The first-order valence-electron chi connectivity index (χ1n) is 8.01. The molecule has 0 aliphatic carbocycles. The van der Waals surface area contributed by atoms with Crippen molar-refractivity contribution in [2.45, 2.75) is 13.0 Å². The topological polar surface area (TPSA) is 57.2 Å². The number of guanidine groups is 1. The molecule has 0 bridgehead atoms. The van der Waals surface area contributed by atoms with Crippen LogP contribution in [0.15, 0.2) is 35.3 Å². The van der Waals surface area contributed by atoms with E-state index < -0.39 is 0 Å². The molecule has 0 saturated carbocycles. The third-order valence-electron chi connectivity index (χ3n) is 3.97. The van der Waals surface area contributed by atoms with Crippen molar-refractivity contribution in [3.8, 4) is 0 Å². The number of ether oxygens (including phenoxy) is 1. The molecule has 6 nitrogen and oxygen atoms in total. The molecule has 1 aromatic rings. The third-order valence-corrected chi connectivity index (χ3v) is 3.97. The normalized spacial score (nSPS) is 15.6. The Kier molecular flexibility index (Phi) is 9.70. The van der Waals surface area contributed by atoms with Gasteiger partial charge in [-0.05, 0) is 5.56 Å². The Labute approximate surface area is 161 Å². The average molecular weight is 446 g/mol. The van der Waals surface area contributed by atoms with E-state index in [2.05, 4.69) is 49.1 Å². The zero-order valence-corrected chi connectivity index (χ0v) is 16.7. The summed E-state index contributed by atoms with van der Waals surface area (Å²) in [4.78, 5) is 20.1. The van der Waals surface area contributed by atoms with Crippen molar-refractivity contribution < 1.29 is 9.53 Å². The van der Waals surface area contributed by atoms with E-state index in [-0.39, 0.29) is 29.9 Å². The number of carbonyl (C=O) groups is 1. The standard InChI is InChI=1S/C17H26N4O2.HI/c1-18-17(19-9-8-16(22)23-2)21-12-10-20(11-13-21)14-15-6-4-3-5-7-15;/h3-7H,8-14H2,1-2H3,(H,18,19);1H. The second kappa shape index (κ2) is 11.2. The summed E-state index contributed by atoms with van der Waals surface area (Å²) >= 11 is 0. The largest absolute Gasteiger partial charge is 0.469 e. The number of benzene rings is 1. The molecule has 1 aliphatic heterocycles. The van der Waals surface area contributed by atoms with Gasteiger partial charge in [0.05, 0.1) is 13.5 Å². The zero-order chi connectivity index (χ0) is 16.5. The molecule has 0 atom stereocenters. The van der Waals surface area contributed by atoms with Gasteiger partial charge in [0.15, 0.2) is 5.96 Å². The molecule has 1 aliphatic rings. The van der Waals surface area contributed by atoms with Crippen LogP contribution in [-0.4, -0.2) is 68.6 Å². The van der Waals surface area contributed by atoms with Gasteiger partial charge < -0.3 is 15.0 Å². The van der Waals surface area contributed by atoms with Crippen LogP contribution in [-0.2, 0) is 16.1 Å². The van der Waals surface area contributed by atoms with Gasteiger partial charge in [-0.15, -0.1) is 24.0 Å². The molecule has 1 heterocycles. The fraction of sp³-hybridized carbons (Fsp3) is 0.529. The van der Waals surface area contributed by atoms with Gasteiger partial charge in [-0.3, -0.25) is 14.7 Å². The van der Waals surface area contributed by atoms with Crippen LogP contribution in [0.4, 0.5) is 0 Å². The molecule has 1 N–H and O–H groups in total. The molecule has 0 spiro atoms. The van der Waals surface area contributed by atoms with Crippen LogP contribution in [0.3, 0.4) is 0 Å². The minimum atomic E-state index is -0.208. The Bertz CT molecular complexity index is 517. The number of aliphatic imine (C=N–C) groups is 1. The summed E-state index contributed by atoms with van der Waals surface area (Å²) in [6, 6.07) is 10.5. The van der Waals surface area contributed by atoms with Crippen molar-refractivity contribution in [3.63, 3.8) is 0 Å². The van der Waals surface area contributed by atoms with Crippen LogP contribution in [0.1, 0.15) is 12.0 Å². The molecule has 0 aromatic heterocycles. The average Bonchev–Trinajstić information content (AvgIpc) is 2.60. The van der Waals surface area contributed by atoms with Gasteiger partial charge in [-0.25, -0.2) is 0 Å². The van der Waals surface area contributed by atoms with E-state index in [0.29, 0.717) is 13.0 Å². The number of carbonyl (C=O) groups excluding carboxylic acids is 1. The van der Waals surface area contributed by atoms with E-state index in [1.165, 1.54) is 12.7 Å². The summed E-state index contributed by atoms with van der Waals surface area (Å²) in [6.45, 7) is 5.42. The van der Waals surface area contributed by atoms with Crippen LogP contribution in [0.5, 0.6) is 0 Å². The minimum Gasteiger partial charge on any atom is -0.469 e. The maximum atomic E-state index is 11.2. The lowest BCUT2D eigenvalue weighted by molar-refractivity contribution is -0.140. The fourth-order valence-electron chi connectivity index (χ4n) is 2.67. The number of esters is 1. The van der Waals surface area contributed by atoms with Crippen molar-refractivity contribution in [1.82, 2.24) is 15.1 Å². The molecule has 0 unspecified atom stereocenters. The Morgan fingerprint density at radius 1 is 1.21 bits per heavy atom. The summed E-state index contributed by atoms with van der Waals surface area (Å²) in [5.41, 5.74) is 1.35. The highest BCUT2D eigenvalue weighted by atomic mass is 127. The van der Waals surface area contributed by atoms with Crippen LogP contribution < -0.4 is 5.32 Å². The molecule has 0 radical (unpaired) electrons. The van der Waals surface area contributed by atoms with Crippen LogP contribution in [0.2, 0.25) is 0 Å². The van der Waals surface area contributed by atoms with E-state index in [1.807, 2.05) is 6.07 Å². The highest BCUT2D eigenvalue weighted by Gasteiger charge is 2.19. The minimum absolute atomic E-state index is 0. The second-order valence-electron chi connectivity index (χ2n) is 5.55. The number of halogens is 1. The van der Waals surface area contributed by atoms with Crippen molar-refractivity contribution in [2.75, 3.05) is 46.9 Å². The molecule has 1 fully saturated rings. The Morgan fingerprint density at radius 3 is 2.46 bits per heavy atom. The predicted octanol–water partition coefficient (Wildman–Crippen LogP) is 1.56. The SMILES string of the molecule is CN=C(NCCC(=O)OC)N1CCN(Cc2ccccc2)CC1.I. The lowest BCUT2D eigenvalue weighted by Gasteiger charge is -2.36. The number of hydrogen-bond acceptors (Lipinski definition) is 4. The van der Waals surface area contributed by atoms with Gasteiger partial charge in [-0.1, -0.05) is 30.3 Å². The van der Waals surface area contributed by atoms with Crippen molar-refractivity contribution in [3.05, 3.63) is 35.9 Å². The quantitative estimate of drug-likeness (QED) is 0.322. The second-order valence-corrected chi connectivity index (χ2v) is 5.55. The van der Waals surface area contributed by atoms with Gasteiger partial charge in [0.25, 0.3) is 0 Å². The smallest absolute Gasteiger partial charge is 0.307 e. The fourth-order valence-corrected chi connectivity index (χ4v) is 2.67. The predicted molar refractivity (Wildman–Crippen MR) is 107 cm³/mol. The third kappa shape index (κ3) is 6.64. The maximum Gasteiger partial charge on any atom is 0.307 e. The molecular weight excluding hydrogens is 419 g/mol. The first kappa shape index (κ1) is 20.7. The molecule has 0 amide bonds. The van der Waals surface area contributed by atoms with E-state index in [1.54, 1.807) is 7.05 Å². The summed E-state index contributed by atoms with van der Waals surface area (Å²) < 4.78 is 4.64.